The van der Waals surface area contributed by atoms with Crippen molar-refractivity contribution in [1.82, 2.24) is 0 Å². The van der Waals surface area contributed by atoms with Gasteiger partial charge in [-0.05, 0) is 49.1 Å². The van der Waals surface area contributed by atoms with Crippen LogP contribution < -0.4 is 5.32 Å². The van der Waals surface area contributed by atoms with Crippen molar-refractivity contribution in [1.29, 1.82) is 0 Å². The molecule has 2 unspecified atom stereocenters. The van der Waals surface area contributed by atoms with Crippen LogP contribution in [-0.2, 0) is 0 Å². The molecule has 19 heavy (non-hydrogen) atoms. The first kappa shape index (κ1) is 14.7. The van der Waals surface area contributed by atoms with Gasteiger partial charge >= 0.3 is 0 Å². The minimum Gasteiger partial charge on any atom is -0.381 e. The predicted molar refractivity (Wildman–Crippen MR) is 84.9 cm³/mol. The molecule has 2 atom stereocenters. The quantitative estimate of drug-likeness (QED) is 0.680. The summed E-state index contributed by atoms with van der Waals surface area (Å²) in [6, 6.07) is 8.64. The monoisotopic (exact) mass is 279 g/mol. The van der Waals surface area contributed by atoms with E-state index in [-0.39, 0.29) is 0 Å². The summed E-state index contributed by atoms with van der Waals surface area (Å²) in [7, 11) is 0. The summed E-state index contributed by atoms with van der Waals surface area (Å²) in [4.78, 5) is 0. The Bertz CT molecular complexity index is 408. The molecule has 2 rings (SSSR count). The van der Waals surface area contributed by atoms with Crippen molar-refractivity contribution in [3.05, 3.63) is 29.3 Å². The molecule has 1 aliphatic carbocycles. The highest BCUT2D eigenvalue weighted by Crippen LogP contribution is 2.37. The van der Waals surface area contributed by atoms with E-state index in [9.17, 15) is 0 Å². The summed E-state index contributed by atoms with van der Waals surface area (Å²) in [6.45, 7) is 7.12. The van der Waals surface area contributed by atoms with Crippen LogP contribution in [0.25, 0.3) is 0 Å². The Hall–Kier alpha value is -0.690. The first-order valence-corrected chi connectivity index (χ1v) is 7.85. The number of benzene rings is 1. The van der Waals surface area contributed by atoms with Crippen LogP contribution in [0.3, 0.4) is 0 Å². The van der Waals surface area contributed by atoms with E-state index in [2.05, 4.69) is 32.2 Å². The molecule has 1 saturated carbocycles. The minimum atomic E-state index is 0.444. The van der Waals surface area contributed by atoms with Gasteiger partial charge in [0.1, 0.15) is 0 Å². The standard InChI is InChI=1S/C17H26ClN/c1-17(2,3)13-7-6-8-14(12-11-13)19-16-10-5-4-9-15(16)18/h4-5,9-10,13-14,19H,6-8,11-12H2,1-3H3. The first-order valence-electron chi connectivity index (χ1n) is 7.48. The van der Waals surface area contributed by atoms with E-state index < -0.39 is 0 Å². The fraction of sp³-hybridized carbons (Fsp3) is 0.647. The maximum Gasteiger partial charge on any atom is 0.0637 e. The average Bonchev–Trinajstić information content (AvgIpc) is 2.57. The van der Waals surface area contributed by atoms with Crippen LogP contribution in [0.1, 0.15) is 52.9 Å². The number of para-hydroxylation sites is 1. The van der Waals surface area contributed by atoms with Gasteiger partial charge in [-0.2, -0.15) is 0 Å². The molecule has 0 radical (unpaired) electrons. The number of anilines is 1. The summed E-state index contributed by atoms with van der Waals surface area (Å²) < 4.78 is 0. The number of halogens is 1. The van der Waals surface area contributed by atoms with E-state index in [1.165, 1.54) is 32.1 Å². The lowest BCUT2D eigenvalue weighted by Crippen LogP contribution is -2.21. The molecule has 0 spiro atoms. The Morgan fingerprint density at radius 1 is 1.05 bits per heavy atom. The third kappa shape index (κ3) is 4.14. The van der Waals surface area contributed by atoms with Gasteiger partial charge in [-0.15, -0.1) is 0 Å². The molecule has 0 amide bonds. The molecule has 0 heterocycles. The van der Waals surface area contributed by atoms with Gasteiger partial charge in [-0.1, -0.05) is 50.9 Å². The Balaban J connectivity index is 1.95. The zero-order chi connectivity index (χ0) is 13.9. The third-order valence-corrected chi connectivity index (χ3v) is 4.76. The number of hydrogen-bond acceptors (Lipinski definition) is 1. The molecule has 1 aromatic rings. The van der Waals surface area contributed by atoms with Crippen molar-refractivity contribution >= 4 is 17.3 Å². The van der Waals surface area contributed by atoms with Crippen molar-refractivity contribution in [3.8, 4) is 0 Å². The van der Waals surface area contributed by atoms with Crippen LogP contribution in [0, 0.1) is 11.3 Å². The van der Waals surface area contributed by atoms with Gasteiger partial charge in [0.05, 0.1) is 10.7 Å². The molecule has 0 aromatic heterocycles. The van der Waals surface area contributed by atoms with Crippen LogP contribution in [-0.4, -0.2) is 6.04 Å². The highest BCUT2D eigenvalue weighted by molar-refractivity contribution is 6.33. The maximum absolute atomic E-state index is 6.22. The molecule has 2 heteroatoms. The lowest BCUT2D eigenvalue weighted by molar-refractivity contribution is 0.214. The Kier molecular flexibility index (Phi) is 4.78. The number of hydrogen-bond donors (Lipinski definition) is 1. The highest BCUT2D eigenvalue weighted by Gasteiger charge is 2.27. The van der Waals surface area contributed by atoms with Gasteiger partial charge in [-0.25, -0.2) is 0 Å². The smallest absolute Gasteiger partial charge is 0.0637 e. The number of nitrogens with one attached hydrogen (secondary N) is 1. The van der Waals surface area contributed by atoms with Crippen molar-refractivity contribution in [2.75, 3.05) is 5.32 Å². The normalized spacial score (nSPS) is 24.8. The zero-order valence-corrected chi connectivity index (χ0v) is 13.1. The molecule has 0 aliphatic heterocycles. The largest absolute Gasteiger partial charge is 0.381 e. The fourth-order valence-electron chi connectivity index (χ4n) is 3.11. The maximum atomic E-state index is 6.22. The lowest BCUT2D eigenvalue weighted by atomic mass is 9.76. The van der Waals surface area contributed by atoms with Crippen LogP contribution in [0.4, 0.5) is 5.69 Å². The summed E-state index contributed by atoms with van der Waals surface area (Å²) in [5, 5.41) is 4.46. The second-order valence-electron chi connectivity index (χ2n) is 6.89. The van der Waals surface area contributed by atoms with Crippen LogP contribution in [0.2, 0.25) is 5.02 Å². The Labute approximate surface area is 122 Å². The van der Waals surface area contributed by atoms with Crippen molar-refractivity contribution in [2.45, 2.75) is 58.9 Å². The third-order valence-electron chi connectivity index (χ3n) is 4.43. The topological polar surface area (TPSA) is 12.0 Å². The van der Waals surface area contributed by atoms with E-state index in [1.54, 1.807) is 0 Å². The van der Waals surface area contributed by atoms with Crippen molar-refractivity contribution < 1.29 is 0 Å². The van der Waals surface area contributed by atoms with Gasteiger partial charge in [-0.3, -0.25) is 0 Å². The lowest BCUT2D eigenvalue weighted by Gasteiger charge is -2.29. The Morgan fingerprint density at radius 2 is 1.79 bits per heavy atom. The highest BCUT2D eigenvalue weighted by atomic mass is 35.5. The van der Waals surface area contributed by atoms with E-state index in [1.807, 2.05) is 18.2 Å². The summed E-state index contributed by atoms with van der Waals surface area (Å²) >= 11 is 6.22. The zero-order valence-electron chi connectivity index (χ0n) is 12.4. The first-order chi connectivity index (χ1) is 8.97. The molecule has 1 fully saturated rings. The average molecular weight is 280 g/mol. The van der Waals surface area contributed by atoms with E-state index >= 15 is 0 Å². The number of rotatable bonds is 2. The fourth-order valence-corrected chi connectivity index (χ4v) is 3.30. The van der Waals surface area contributed by atoms with Gasteiger partial charge < -0.3 is 5.32 Å². The van der Waals surface area contributed by atoms with E-state index in [0.29, 0.717) is 11.5 Å². The molecule has 1 nitrogen and oxygen atoms in total. The van der Waals surface area contributed by atoms with Crippen LogP contribution in [0.15, 0.2) is 24.3 Å². The molecule has 0 saturated heterocycles. The van der Waals surface area contributed by atoms with Gasteiger partial charge in [0.2, 0.25) is 0 Å². The van der Waals surface area contributed by atoms with Gasteiger partial charge in [0.15, 0.2) is 0 Å². The molecule has 1 aliphatic rings. The van der Waals surface area contributed by atoms with Crippen LogP contribution in [0.5, 0.6) is 0 Å². The van der Waals surface area contributed by atoms with E-state index in [0.717, 1.165) is 16.6 Å². The van der Waals surface area contributed by atoms with Crippen LogP contribution >= 0.6 is 11.6 Å². The predicted octanol–water partition coefficient (Wildman–Crippen LogP) is 5.75. The van der Waals surface area contributed by atoms with Crippen molar-refractivity contribution in [3.63, 3.8) is 0 Å². The van der Waals surface area contributed by atoms with E-state index in [4.69, 9.17) is 11.6 Å². The molecule has 106 valence electrons. The molecule has 1 N–H and O–H groups in total. The van der Waals surface area contributed by atoms with Gasteiger partial charge in [0.25, 0.3) is 0 Å². The minimum absolute atomic E-state index is 0.444. The Morgan fingerprint density at radius 3 is 2.47 bits per heavy atom. The SMILES string of the molecule is CC(C)(C)C1CCCC(Nc2ccccc2Cl)CC1. The summed E-state index contributed by atoms with van der Waals surface area (Å²) in [6.07, 6.45) is 6.53. The van der Waals surface area contributed by atoms with Crippen molar-refractivity contribution in [2.24, 2.45) is 11.3 Å². The molecule has 0 bridgehead atoms. The second-order valence-corrected chi connectivity index (χ2v) is 7.30. The van der Waals surface area contributed by atoms with Gasteiger partial charge in [0, 0.05) is 6.04 Å². The molecular formula is C17H26ClN. The summed E-state index contributed by atoms with van der Waals surface area (Å²) in [5.74, 6) is 0.852. The molecule has 1 aromatic carbocycles. The summed E-state index contributed by atoms with van der Waals surface area (Å²) in [5.41, 5.74) is 1.53. The molecular weight excluding hydrogens is 254 g/mol. The second kappa shape index (κ2) is 6.17.